The number of fused-ring (bicyclic) bond motifs is 1. The Morgan fingerprint density at radius 3 is 2.61 bits per heavy atom. The van der Waals surface area contributed by atoms with Crippen LogP contribution in [-0.2, 0) is 0 Å². The molecule has 1 heterocycles. The van der Waals surface area contributed by atoms with Crippen LogP contribution in [-0.4, -0.2) is 21.4 Å². The topological polar surface area (TPSA) is 84.2 Å². The lowest BCUT2D eigenvalue weighted by Crippen LogP contribution is -2.20. The Hall–Kier alpha value is -3.71. The van der Waals surface area contributed by atoms with E-state index in [0.717, 1.165) is 22.0 Å². The number of halogens is 1. The SMILES string of the molecule is CCN(c1ncnc(Nc2ccc(C)c(Cl)c2)c1[N+](=O)[O-])c1cccc2ccccc12. The predicted octanol–water partition coefficient (Wildman–Crippen LogP) is 6.40. The van der Waals surface area contributed by atoms with Gasteiger partial charge in [0.15, 0.2) is 0 Å². The van der Waals surface area contributed by atoms with Crippen LogP contribution in [0.3, 0.4) is 0 Å². The molecule has 7 nitrogen and oxygen atoms in total. The molecule has 0 bridgehead atoms. The second-order valence-electron chi connectivity index (χ2n) is 6.98. The van der Waals surface area contributed by atoms with E-state index in [4.69, 9.17) is 11.6 Å². The summed E-state index contributed by atoms with van der Waals surface area (Å²) in [7, 11) is 0. The molecular weight excluding hydrogens is 414 g/mol. The van der Waals surface area contributed by atoms with Crippen molar-refractivity contribution in [3.63, 3.8) is 0 Å². The van der Waals surface area contributed by atoms with E-state index in [1.807, 2.05) is 67.3 Å². The Morgan fingerprint density at radius 2 is 1.87 bits per heavy atom. The predicted molar refractivity (Wildman–Crippen MR) is 125 cm³/mol. The summed E-state index contributed by atoms with van der Waals surface area (Å²) in [5.74, 6) is 0.327. The van der Waals surface area contributed by atoms with Crippen LogP contribution >= 0.6 is 11.6 Å². The Kier molecular flexibility index (Phi) is 5.68. The van der Waals surface area contributed by atoms with Gasteiger partial charge >= 0.3 is 5.69 Å². The first-order chi connectivity index (χ1) is 15.0. The lowest BCUT2D eigenvalue weighted by molar-refractivity contribution is -0.383. The van der Waals surface area contributed by atoms with Gasteiger partial charge in [-0.1, -0.05) is 54.1 Å². The largest absolute Gasteiger partial charge is 0.354 e. The van der Waals surface area contributed by atoms with Gasteiger partial charge in [-0.05, 0) is 43.0 Å². The van der Waals surface area contributed by atoms with Crippen LogP contribution in [0.25, 0.3) is 10.8 Å². The van der Waals surface area contributed by atoms with E-state index in [-0.39, 0.29) is 17.3 Å². The fraction of sp³-hybridized carbons (Fsp3) is 0.130. The molecule has 4 rings (SSSR count). The highest BCUT2D eigenvalue weighted by atomic mass is 35.5. The normalized spacial score (nSPS) is 10.8. The number of nitro groups is 1. The molecule has 0 saturated carbocycles. The van der Waals surface area contributed by atoms with Gasteiger partial charge in [0.2, 0.25) is 11.6 Å². The van der Waals surface area contributed by atoms with Gasteiger partial charge in [0.1, 0.15) is 6.33 Å². The molecule has 0 aliphatic heterocycles. The highest BCUT2D eigenvalue weighted by molar-refractivity contribution is 6.31. The van der Waals surface area contributed by atoms with Gasteiger partial charge in [0, 0.05) is 22.6 Å². The number of nitrogens with one attached hydrogen (secondary N) is 1. The number of hydrogen-bond donors (Lipinski definition) is 1. The zero-order chi connectivity index (χ0) is 22.0. The lowest BCUT2D eigenvalue weighted by atomic mass is 10.1. The van der Waals surface area contributed by atoms with Crippen molar-refractivity contribution >= 4 is 51.1 Å². The van der Waals surface area contributed by atoms with Crippen molar-refractivity contribution in [2.75, 3.05) is 16.8 Å². The third kappa shape index (κ3) is 4.00. The molecule has 4 aromatic rings. The number of benzene rings is 3. The maximum Gasteiger partial charge on any atom is 0.354 e. The van der Waals surface area contributed by atoms with Crippen LogP contribution in [0.4, 0.5) is 28.7 Å². The van der Waals surface area contributed by atoms with Crippen LogP contribution in [0.2, 0.25) is 5.02 Å². The smallest absolute Gasteiger partial charge is 0.334 e. The van der Waals surface area contributed by atoms with Gasteiger partial charge in [-0.25, -0.2) is 9.97 Å². The molecule has 0 radical (unpaired) electrons. The van der Waals surface area contributed by atoms with Crippen molar-refractivity contribution in [3.8, 4) is 0 Å². The molecule has 31 heavy (non-hydrogen) atoms. The van der Waals surface area contributed by atoms with Crippen LogP contribution in [0.1, 0.15) is 12.5 Å². The number of rotatable bonds is 6. The molecule has 0 saturated heterocycles. The molecule has 0 unspecified atom stereocenters. The first-order valence-corrected chi connectivity index (χ1v) is 10.1. The minimum absolute atomic E-state index is 0.105. The van der Waals surface area contributed by atoms with Gasteiger partial charge < -0.3 is 10.2 Å². The summed E-state index contributed by atoms with van der Waals surface area (Å²) in [5.41, 5.74) is 2.16. The average Bonchev–Trinajstić information content (AvgIpc) is 2.77. The quantitative estimate of drug-likeness (QED) is 0.279. The summed E-state index contributed by atoms with van der Waals surface area (Å²) in [5, 5.41) is 17.7. The van der Waals surface area contributed by atoms with Gasteiger partial charge in [0.25, 0.3) is 0 Å². The molecule has 0 amide bonds. The fourth-order valence-corrected chi connectivity index (χ4v) is 3.69. The third-order valence-electron chi connectivity index (χ3n) is 5.05. The molecule has 1 aromatic heterocycles. The van der Waals surface area contributed by atoms with Crippen molar-refractivity contribution in [2.45, 2.75) is 13.8 Å². The second kappa shape index (κ2) is 8.57. The maximum atomic E-state index is 12.1. The van der Waals surface area contributed by atoms with E-state index in [2.05, 4.69) is 15.3 Å². The van der Waals surface area contributed by atoms with Gasteiger partial charge in [-0.2, -0.15) is 0 Å². The first-order valence-electron chi connectivity index (χ1n) is 9.77. The number of aromatic nitrogens is 2. The minimum atomic E-state index is -0.457. The molecule has 0 spiro atoms. The zero-order valence-electron chi connectivity index (χ0n) is 17.0. The van der Waals surface area contributed by atoms with E-state index in [1.165, 1.54) is 6.33 Å². The van der Waals surface area contributed by atoms with E-state index in [9.17, 15) is 10.1 Å². The van der Waals surface area contributed by atoms with E-state index in [0.29, 0.717) is 17.3 Å². The summed E-state index contributed by atoms with van der Waals surface area (Å²) >= 11 is 6.21. The summed E-state index contributed by atoms with van der Waals surface area (Å²) in [6, 6.07) is 19.1. The summed E-state index contributed by atoms with van der Waals surface area (Å²) in [4.78, 5) is 21.9. The molecule has 8 heteroatoms. The van der Waals surface area contributed by atoms with Crippen LogP contribution < -0.4 is 10.2 Å². The minimum Gasteiger partial charge on any atom is -0.334 e. The number of nitrogens with zero attached hydrogens (tertiary/aromatic N) is 4. The Bertz CT molecular complexity index is 1270. The summed E-state index contributed by atoms with van der Waals surface area (Å²) in [6.45, 7) is 4.31. The van der Waals surface area contributed by atoms with Crippen molar-refractivity contribution in [1.29, 1.82) is 0 Å². The van der Waals surface area contributed by atoms with Crippen molar-refractivity contribution in [1.82, 2.24) is 9.97 Å². The van der Waals surface area contributed by atoms with Crippen molar-refractivity contribution in [2.24, 2.45) is 0 Å². The highest BCUT2D eigenvalue weighted by Crippen LogP contribution is 2.39. The molecule has 0 fully saturated rings. The number of hydrogen-bond acceptors (Lipinski definition) is 6. The zero-order valence-corrected chi connectivity index (χ0v) is 17.8. The van der Waals surface area contributed by atoms with Gasteiger partial charge in [0.05, 0.1) is 10.6 Å². The standard InChI is InChI=1S/C23H20ClN5O2/c1-3-28(20-10-6-8-16-7-4-5-9-18(16)20)23-21(29(30)31)22(25-14-26-23)27-17-12-11-15(2)19(24)13-17/h4-14H,3H2,1-2H3,(H,25,26,27). The molecular formula is C23H20ClN5O2. The third-order valence-corrected chi connectivity index (χ3v) is 5.46. The van der Waals surface area contributed by atoms with E-state index in [1.54, 1.807) is 12.1 Å². The van der Waals surface area contributed by atoms with Crippen LogP contribution in [0.5, 0.6) is 0 Å². The maximum absolute atomic E-state index is 12.1. The molecule has 0 atom stereocenters. The van der Waals surface area contributed by atoms with Crippen LogP contribution in [0, 0.1) is 17.0 Å². The monoisotopic (exact) mass is 433 g/mol. The van der Waals surface area contributed by atoms with Gasteiger partial charge in [-0.3, -0.25) is 10.1 Å². The highest BCUT2D eigenvalue weighted by Gasteiger charge is 2.28. The molecule has 0 aliphatic carbocycles. The number of anilines is 4. The molecule has 1 N–H and O–H groups in total. The molecule has 3 aromatic carbocycles. The summed E-state index contributed by atoms with van der Waals surface area (Å²) < 4.78 is 0. The second-order valence-corrected chi connectivity index (χ2v) is 7.39. The Morgan fingerprint density at radius 1 is 1.10 bits per heavy atom. The fourth-order valence-electron chi connectivity index (χ4n) is 3.51. The van der Waals surface area contributed by atoms with Crippen LogP contribution in [0.15, 0.2) is 67.0 Å². The van der Waals surface area contributed by atoms with E-state index < -0.39 is 4.92 Å². The molecule has 156 valence electrons. The van der Waals surface area contributed by atoms with E-state index >= 15 is 0 Å². The van der Waals surface area contributed by atoms with Gasteiger partial charge in [-0.15, -0.1) is 0 Å². The Labute approximate surface area is 184 Å². The lowest BCUT2D eigenvalue weighted by Gasteiger charge is -2.24. The molecule has 0 aliphatic rings. The van der Waals surface area contributed by atoms with Crippen molar-refractivity contribution in [3.05, 3.63) is 87.7 Å². The Balaban J connectivity index is 1.84. The summed E-state index contributed by atoms with van der Waals surface area (Å²) in [6.07, 6.45) is 1.33. The first kappa shape index (κ1) is 20.6. The number of aryl methyl sites for hydroxylation is 1. The van der Waals surface area contributed by atoms with Crippen molar-refractivity contribution < 1.29 is 4.92 Å². The average molecular weight is 434 g/mol.